The van der Waals surface area contributed by atoms with E-state index in [4.69, 9.17) is 22.1 Å². The van der Waals surface area contributed by atoms with E-state index in [-0.39, 0.29) is 18.3 Å². The molecular formula is C15H19Cl2N3O2S. The molecule has 5 nitrogen and oxygen atoms in total. The Hall–Kier alpha value is -1.34. The Labute approximate surface area is 150 Å². The number of benzene rings is 1. The van der Waals surface area contributed by atoms with Crippen molar-refractivity contribution in [3.05, 3.63) is 45.4 Å². The summed E-state index contributed by atoms with van der Waals surface area (Å²) < 4.78 is 5.59. The normalized spacial score (nSPS) is 10.0. The van der Waals surface area contributed by atoms with Crippen LogP contribution in [-0.2, 0) is 6.54 Å². The zero-order valence-electron chi connectivity index (χ0n) is 12.7. The van der Waals surface area contributed by atoms with Crippen LogP contribution >= 0.6 is 35.3 Å². The van der Waals surface area contributed by atoms with E-state index in [2.05, 4.69) is 4.98 Å². The van der Waals surface area contributed by atoms with E-state index in [1.807, 2.05) is 12.1 Å². The molecule has 0 fully saturated rings. The molecule has 2 rings (SSSR count). The Balaban J connectivity index is 0.00000264. The first-order valence-electron chi connectivity index (χ1n) is 6.88. The van der Waals surface area contributed by atoms with Crippen molar-refractivity contribution < 1.29 is 9.53 Å². The molecule has 1 heterocycles. The number of hydrogen-bond acceptors (Lipinski definition) is 5. The van der Waals surface area contributed by atoms with Gasteiger partial charge >= 0.3 is 0 Å². The highest BCUT2D eigenvalue weighted by molar-refractivity contribution is 7.09. The van der Waals surface area contributed by atoms with Crippen LogP contribution in [0.4, 0.5) is 0 Å². The van der Waals surface area contributed by atoms with E-state index in [1.54, 1.807) is 29.5 Å². The molecule has 0 spiro atoms. The number of nitrogens with zero attached hydrogens (tertiary/aromatic N) is 2. The molecule has 0 bridgehead atoms. The van der Waals surface area contributed by atoms with Crippen molar-refractivity contribution >= 4 is 41.3 Å². The minimum absolute atomic E-state index is 0. The minimum atomic E-state index is -0.0984. The van der Waals surface area contributed by atoms with Crippen molar-refractivity contribution in [2.75, 3.05) is 20.2 Å². The first-order valence-corrected chi connectivity index (χ1v) is 8.14. The molecule has 0 aliphatic heterocycles. The highest BCUT2D eigenvalue weighted by atomic mass is 35.5. The first kappa shape index (κ1) is 19.7. The van der Waals surface area contributed by atoms with Gasteiger partial charge in [-0.3, -0.25) is 4.79 Å². The lowest BCUT2D eigenvalue weighted by Crippen LogP contribution is -2.29. The molecule has 0 saturated carbocycles. The molecule has 1 amide bonds. The van der Waals surface area contributed by atoms with Gasteiger partial charge in [0.1, 0.15) is 16.5 Å². The van der Waals surface area contributed by atoms with E-state index in [9.17, 15) is 4.79 Å². The Morgan fingerprint density at radius 1 is 1.48 bits per heavy atom. The zero-order valence-corrected chi connectivity index (χ0v) is 15.1. The van der Waals surface area contributed by atoms with E-state index in [0.29, 0.717) is 30.4 Å². The van der Waals surface area contributed by atoms with Crippen molar-refractivity contribution in [3.63, 3.8) is 0 Å². The van der Waals surface area contributed by atoms with Crippen LogP contribution in [0, 0.1) is 0 Å². The molecule has 2 N–H and O–H groups in total. The van der Waals surface area contributed by atoms with Gasteiger partial charge in [0.05, 0.1) is 6.61 Å². The van der Waals surface area contributed by atoms with Crippen LogP contribution < -0.4 is 10.5 Å². The molecule has 2 aromatic rings. The van der Waals surface area contributed by atoms with Crippen molar-refractivity contribution in [3.8, 4) is 5.75 Å². The van der Waals surface area contributed by atoms with Gasteiger partial charge in [-0.25, -0.2) is 4.98 Å². The number of thiazole rings is 1. The van der Waals surface area contributed by atoms with Crippen LogP contribution in [0.25, 0.3) is 0 Å². The number of amides is 1. The van der Waals surface area contributed by atoms with Crippen LogP contribution in [0.1, 0.15) is 21.9 Å². The number of carbonyl (C=O) groups excluding carboxylic acids is 1. The predicted octanol–water partition coefficient (Wildman–Crippen LogP) is 3.22. The van der Waals surface area contributed by atoms with Crippen molar-refractivity contribution in [2.24, 2.45) is 5.73 Å². The summed E-state index contributed by atoms with van der Waals surface area (Å²) in [5.41, 5.74) is 5.95. The van der Waals surface area contributed by atoms with Crippen LogP contribution in [0.15, 0.2) is 29.6 Å². The first-order chi connectivity index (χ1) is 10.6. The fourth-order valence-corrected chi connectivity index (χ4v) is 2.68. The van der Waals surface area contributed by atoms with Crippen molar-refractivity contribution in [2.45, 2.75) is 13.0 Å². The summed E-state index contributed by atoms with van der Waals surface area (Å²) in [7, 11) is 1.75. The summed E-state index contributed by atoms with van der Waals surface area (Å²) in [6.45, 7) is 1.47. The van der Waals surface area contributed by atoms with Crippen molar-refractivity contribution in [1.82, 2.24) is 9.88 Å². The smallest absolute Gasteiger partial charge is 0.273 e. The van der Waals surface area contributed by atoms with Gasteiger partial charge in [-0.2, -0.15) is 0 Å². The summed E-state index contributed by atoms with van der Waals surface area (Å²) in [5.74, 6) is 0.632. The molecule has 8 heteroatoms. The van der Waals surface area contributed by atoms with Crippen LogP contribution in [0.5, 0.6) is 5.75 Å². The predicted molar refractivity (Wildman–Crippen MR) is 95.8 cm³/mol. The molecule has 1 aromatic heterocycles. The largest absolute Gasteiger partial charge is 0.493 e. The lowest BCUT2D eigenvalue weighted by molar-refractivity contribution is 0.0782. The lowest BCUT2D eigenvalue weighted by atomic mass is 10.3. The fourth-order valence-electron chi connectivity index (χ4n) is 1.85. The Kier molecular flexibility index (Phi) is 8.33. The third kappa shape index (κ3) is 5.99. The van der Waals surface area contributed by atoms with E-state index in [0.717, 1.165) is 17.2 Å². The minimum Gasteiger partial charge on any atom is -0.493 e. The Morgan fingerprint density at radius 2 is 2.26 bits per heavy atom. The van der Waals surface area contributed by atoms with Gasteiger partial charge in [0.2, 0.25) is 0 Å². The maximum Gasteiger partial charge on any atom is 0.273 e. The molecule has 0 aliphatic carbocycles. The monoisotopic (exact) mass is 375 g/mol. The van der Waals surface area contributed by atoms with E-state index >= 15 is 0 Å². The second-order valence-corrected chi connectivity index (χ2v) is 6.10. The molecule has 126 valence electrons. The highest BCUT2D eigenvalue weighted by Gasteiger charge is 2.14. The molecule has 0 saturated heterocycles. The molecule has 0 unspecified atom stereocenters. The maximum absolute atomic E-state index is 12.2. The van der Waals surface area contributed by atoms with E-state index < -0.39 is 0 Å². The van der Waals surface area contributed by atoms with Gasteiger partial charge in [-0.05, 0) is 24.6 Å². The Morgan fingerprint density at radius 3 is 2.91 bits per heavy atom. The van der Waals surface area contributed by atoms with Gasteiger partial charge < -0.3 is 15.4 Å². The van der Waals surface area contributed by atoms with Gasteiger partial charge in [0.25, 0.3) is 5.91 Å². The summed E-state index contributed by atoms with van der Waals surface area (Å²) in [5, 5.41) is 3.15. The third-order valence-corrected chi connectivity index (χ3v) is 4.10. The average molecular weight is 376 g/mol. The summed E-state index contributed by atoms with van der Waals surface area (Å²) in [6, 6.07) is 7.25. The second kappa shape index (κ2) is 9.72. The summed E-state index contributed by atoms with van der Waals surface area (Å²) in [6.07, 6.45) is 0.725. The topological polar surface area (TPSA) is 68.5 Å². The molecule has 23 heavy (non-hydrogen) atoms. The third-order valence-electron chi connectivity index (χ3n) is 2.99. The number of carbonyl (C=O) groups is 1. The quantitative estimate of drug-likeness (QED) is 0.754. The summed E-state index contributed by atoms with van der Waals surface area (Å²) >= 11 is 7.29. The van der Waals surface area contributed by atoms with Gasteiger partial charge in [0, 0.05) is 30.5 Å². The summed E-state index contributed by atoms with van der Waals surface area (Å²) in [4.78, 5) is 18.0. The lowest BCUT2D eigenvalue weighted by Gasteiger charge is -2.16. The number of rotatable bonds is 7. The number of ether oxygens (including phenoxy) is 1. The Bertz CT molecular complexity index is 637. The van der Waals surface area contributed by atoms with Crippen LogP contribution in [-0.4, -0.2) is 36.0 Å². The number of nitrogens with two attached hydrogens (primary N) is 1. The zero-order chi connectivity index (χ0) is 15.9. The molecule has 0 atom stereocenters. The molecule has 0 aliphatic rings. The molecule has 1 aromatic carbocycles. The fraction of sp³-hybridized carbons (Fsp3) is 0.333. The maximum atomic E-state index is 12.2. The average Bonchev–Trinajstić information content (AvgIpc) is 2.99. The van der Waals surface area contributed by atoms with Gasteiger partial charge in [-0.15, -0.1) is 23.7 Å². The number of aromatic nitrogens is 1. The SMILES string of the molecule is CN(CCCOc1cccc(Cl)c1)C(=O)c1csc(CN)n1.Cl. The van der Waals surface area contributed by atoms with Crippen LogP contribution in [0.3, 0.4) is 0 Å². The second-order valence-electron chi connectivity index (χ2n) is 4.72. The number of halogens is 2. The standard InChI is InChI=1S/C15H18ClN3O2S.ClH/c1-19(15(20)13-10-22-14(9-17)18-13)6-3-7-21-12-5-2-4-11(16)8-12;/h2,4-5,8,10H,3,6-7,9,17H2,1H3;1H. The van der Waals surface area contributed by atoms with Gasteiger partial charge in [0.15, 0.2) is 0 Å². The number of hydrogen-bond donors (Lipinski definition) is 1. The van der Waals surface area contributed by atoms with E-state index in [1.165, 1.54) is 11.3 Å². The molecule has 0 radical (unpaired) electrons. The van der Waals surface area contributed by atoms with Crippen molar-refractivity contribution in [1.29, 1.82) is 0 Å². The van der Waals surface area contributed by atoms with Crippen LogP contribution in [0.2, 0.25) is 5.02 Å². The highest BCUT2D eigenvalue weighted by Crippen LogP contribution is 2.17. The van der Waals surface area contributed by atoms with Gasteiger partial charge in [-0.1, -0.05) is 17.7 Å². The molecular weight excluding hydrogens is 357 g/mol.